The molecule has 1 aliphatic rings. The number of pyridine rings is 1. The summed E-state index contributed by atoms with van der Waals surface area (Å²) < 4.78 is 24.6. The second kappa shape index (κ2) is 7.35. The summed E-state index contributed by atoms with van der Waals surface area (Å²) in [5.74, 6) is -0.0497. The van der Waals surface area contributed by atoms with Crippen molar-refractivity contribution in [3.8, 4) is 0 Å². The Bertz CT molecular complexity index is 846. The topological polar surface area (TPSA) is 76.1 Å². The first kappa shape index (κ1) is 17.6. The number of amides is 1. The largest absolute Gasteiger partial charge is 0.347 e. The molecule has 1 fully saturated rings. The molecule has 0 aliphatic heterocycles. The van der Waals surface area contributed by atoms with Gasteiger partial charge in [0.2, 0.25) is 5.91 Å². The number of carbonyl (C=O) groups is 1. The van der Waals surface area contributed by atoms with E-state index in [1.54, 1.807) is 36.5 Å². The summed E-state index contributed by atoms with van der Waals surface area (Å²) in [6.07, 6.45) is 3.79. The Balaban J connectivity index is 1.64. The third-order valence-corrected chi connectivity index (χ3v) is 6.19. The van der Waals surface area contributed by atoms with Crippen LogP contribution in [0, 0.1) is 12.8 Å². The number of sulfone groups is 1. The summed E-state index contributed by atoms with van der Waals surface area (Å²) in [4.78, 5) is 17.0. The zero-order chi connectivity index (χ0) is 17.9. The molecule has 6 heteroatoms. The number of hydrogen-bond acceptors (Lipinski definition) is 4. The van der Waals surface area contributed by atoms with Gasteiger partial charge in [-0.05, 0) is 49.4 Å². The highest BCUT2D eigenvalue weighted by Crippen LogP contribution is 2.41. The van der Waals surface area contributed by atoms with Crippen molar-refractivity contribution in [3.05, 3.63) is 59.9 Å². The minimum absolute atomic E-state index is 0.0493. The third kappa shape index (κ3) is 4.45. The molecule has 0 unspecified atom stereocenters. The van der Waals surface area contributed by atoms with Gasteiger partial charge in [-0.2, -0.15) is 0 Å². The summed E-state index contributed by atoms with van der Waals surface area (Å²) in [6, 6.07) is 11.9. The lowest BCUT2D eigenvalue weighted by molar-refractivity contribution is -0.121. The first-order valence-electron chi connectivity index (χ1n) is 8.46. The molecule has 0 radical (unpaired) electrons. The average molecular weight is 358 g/mol. The van der Waals surface area contributed by atoms with Crippen molar-refractivity contribution in [2.24, 2.45) is 5.92 Å². The van der Waals surface area contributed by atoms with E-state index in [0.717, 1.165) is 24.1 Å². The van der Waals surface area contributed by atoms with Gasteiger partial charge in [-0.3, -0.25) is 9.78 Å². The molecule has 25 heavy (non-hydrogen) atoms. The Morgan fingerprint density at radius 2 is 1.92 bits per heavy atom. The fourth-order valence-corrected chi connectivity index (χ4v) is 4.14. The van der Waals surface area contributed by atoms with E-state index in [1.165, 1.54) is 0 Å². The molecule has 3 rings (SSSR count). The lowest BCUT2D eigenvalue weighted by atomic mass is 10.0. The molecule has 1 amide bonds. The van der Waals surface area contributed by atoms with Gasteiger partial charge >= 0.3 is 0 Å². The van der Waals surface area contributed by atoms with E-state index in [0.29, 0.717) is 5.92 Å². The predicted molar refractivity (Wildman–Crippen MR) is 95.7 cm³/mol. The molecule has 1 atom stereocenters. The molecule has 0 spiro atoms. The monoisotopic (exact) mass is 358 g/mol. The fraction of sp³-hybridized carbons (Fsp3) is 0.368. The van der Waals surface area contributed by atoms with Crippen LogP contribution >= 0.6 is 0 Å². The number of rotatable bonds is 7. The van der Waals surface area contributed by atoms with E-state index < -0.39 is 9.84 Å². The molecule has 2 aromatic rings. The lowest BCUT2D eigenvalue weighted by Gasteiger charge is -2.19. The van der Waals surface area contributed by atoms with E-state index in [2.05, 4.69) is 10.3 Å². The Morgan fingerprint density at radius 3 is 2.56 bits per heavy atom. The summed E-state index contributed by atoms with van der Waals surface area (Å²) in [6.45, 7) is 1.98. The maximum atomic E-state index is 12.3. The Morgan fingerprint density at radius 1 is 1.20 bits per heavy atom. The maximum Gasteiger partial charge on any atom is 0.221 e. The number of aryl methyl sites for hydroxylation is 1. The number of benzene rings is 1. The molecule has 1 saturated carbocycles. The maximum absolute atomic E-state index is 12.3. The number of carbonyl (C=O) groups excluding carboxylic acids is 1. The Hall–Kier alpha value is -2.21. The van der Waals surface area contributed by atoms with Crippen molar-refractivity contribution < 1.29 is 13.2 Å². The summed E-state index contributed by atoms with van der Waals surface area (Å²) in [5, 5.41) is 2.99. The molecular formula is C19H22N2O3S. The van der Waals surface area contributed by atoms with Crippen molar-refractivity contribution in [3.63, 3.8) is 0 Å². The summed E-state index contributed by atoms with van der Waals surface area (Å²) in [7, 11) is -3.45. The highest BCUT2D eigenvalue weighted by molar-refractivity contribution is 7.91. The van der Waals surface area contributed by atoms with E-state index in [-0.39, 0.29) is 29.0 Å². The molecule has 0 bridgehead atoms. The number of aromatic nitrogens is 1. The van der Waals surface area contributed by atoms with E-state index >= 15 is 0 Å². The van der Waals surface area contributed by atoms with Crippen molar-refractivity contribution in [2.75, 3.05) is 5.75 Å². The average Bonchev–Trinajstić information content (AvgIpc) is 3.44. The molecule has 1 heterocycles. The van der Waals surface area contributed by atoms with Crippen molar-refractivity contribution in [2.45, 2.75) is 37.1 Å². The van der Waals surface area contributed by atoms with Gasteiger partial charge < -0.3 is 5.32 Å². The van der Waals surface area contributed by atoms with Crippen LogP contribution in [0.4, 0.5) is 0 Å². The number of nitrogens with zero attached hydrogens (tertiary/aromatic N) is 1. The normalized spacial score (nSPS) is 15.6. The minimum Gasteiger partial charge on any atom is -0.347 e. The Labute approximate surface area is 148 Å². The van der Waals surface area contributed by atoms with Crippen LogP contribution in [0.1, 0.15) is 36.6 Å². The van der Waals surface area contributed by atoms with Crippen LogP contribution in [-0.2, 0) is 14.6 Å². The standard InChI is InChI=1S/C19H22N2O3S/c1-14-6-5-12-20-18(14)19(15-9-10-15)21-17(22)11-13-25(23,24)16-7-3-2-4-8-16/h2-8,12,15,19H,9-11,13H2,1H3,(H,21,22)/t19-/m1/s1. The van der Waals surface area contributed by atoms with Crippen LogP contribution in [0.3, 0.4) is 0 Å². The van der Waals surface area contributed by atoms with Gasteiger partial charge in [-0.25, -0.2) is 8.42 Å². The van der Waals surface area contributed by atoms with Gasteiger partial charge in [0.25, 0.3) is 0 Å². The van der Waals surface area contributed by atoms with Crippen LogP contribution < -0.4 is 5.32 Å². The first-order valence-corrected chi connectivity index (χ1v) is 10.1. The van der Waals surface area contributed by atoms with Crippen LogP contribution in [0.25, 0.3) is 0 Å². The molecule has 1 aromatic carbocycles. The summed E-state index contributed by atoms with van der Waals surface area (Å²) >= 11 is 0. The van der Waals surface area contributed by atoms with Crippen LogP contribution in [-0.4, -0.2) is 25.1 Å². The number of nitrogens with one attached hydrogen (secondary N) is 1. The van der Waals surface area contributed by atoms with E-state index in [1.807, 2.05) is 19.1 Å². The van der Waals surface area contributed by atoms with Crippen molar-refractivity contribution in [1.29, 1.82) is 0 Å². The molecular weight excluding hydrogens is 336 g/mol. The second-order valence-corrected chi connectivity index (χ2v) is 8.58. The third-order valence-electron chi connectivity index (χ3n) is 4.45. The smallest absolute Gasteiger partial charge is 0.221 e. The lowest BCUT2D eigenvalue weighted by Crippen LogP contribution is -2.32. The zero-order valence-electron chi connectivity index (χ0n) is 14.2. The van der Waals surface area contributed by atoms with Gasteiger partial charge in [-0.15, -0.1) is 0 Å². The highest BCUT2D eigenvalue weighted by atomic mass is 32.2. The van der Waals surface area contributed by atoms with Gasteiger partial charge in [0, 0.05) is 12.6 Å². The second-order valence-electron chi connectivity index (χ2n) is 6.47. The molecule has 0 saturated heterocycles. The summed E-state index contributed by atoms with van der Waals surface area (Å²) in [5.41, 5.74) is 1.92. The molecule has 1 aromatic heterocycles. The Kier molecular flexibility index (Phi) is 5.18. The molecule has 1 N–H and O–H groups in total. The van der Waals surface area contributed by atoms with Crippen LogP contribution in [0.5, 0.6) is 0 Å². The quantitative estimate of drug-likeness (QED) is 0.826. The minimum atomic E-state index is -3.45. The van der Waals surface area contributed by atoms with Crippen LogP contribution in [0.2, 0.25) is 0 Å². The fourth-order valence-electron chi connectivity index (χ4n) is 2.88. The van der Waals surface area contributed by atoms with Crippen LogP contribution in [0.15, 0.2) is 53.6 Å². The first-order chi connectivity index (χ1) is 12.0. The predicted octanol–water partition coefficient (Wildman–Crippen LogP) is 2.82. The van der Waals surface area contributed by atoms with Gasteiger partial charge in [-0.1, -0.05) is 24.3 Å². The van der Waals surface area contributed by atoms with E-state index in [4.69, 9.17) is 0 Å². The SMILES string of the molecule is Cc1cccnc1[C@H](NC(=O)CCS(=O)(=O)c1ccccc1)C1CC1. The highest BCUT2D eigenvalue weighted by Gasteiger charge is 2.35. The van der Waals surface area contributed by atoms with Crippen molar-refractivity contribution in [1.82, 2.24) is 10.3 Å². The van der Waals surface area contributed by atoms with Gasteiger partial charge in [0.05, 0.1) is 22.4 Å². The zero-order valence-corrected chi connectivity index (χ0v) is 15.0. The molecule has 1 aliphatic carbocycles. The van der Waals surface area contributed by atoms with Gasteiger partial charge in [0.15, 0.2) is 9.84 Å². The van der Waals surface area contributed by atoms with Gasteiger partial charge in [0.1, 0.15) is 0 Å². The number of hydrogen-bond donors (Lipinski definition) is 1. The molecule has 132 valence electrons. The molecule has 5 nitrogen and oxygen atoms in total. The van der Waals surface area contributed by atoms with Crippen molar-refractivity contribution >= 4 is 15.7 Å². The van der Waals surface area contributed by atoms with E-state index in [9.17, 15) is 13.2 Å².